The number of nitro groups is 1. The summed E-state index contributed by atoms with van der Waals surface area (Å²) >= 11 is 1.49. The SMILES string of the molecule is O=C(OCc1cc([N+](=O)[O-])cc2c1OCOC2)c1ccc(OCc2cscn2)cc1. The Hall–Kier alpha value is -3.50. The average molecular weight is 428 g/mol. The molecule has 0 amide bonds. The molecule has 0 unspecified atom stereocenters. The molecule has 30 heavy (non-hydrogen) atoms. The van der Waals surface area contributed by atoms with Gasteiger partial charge in [-0.3, -0.25) is 10.1 Å². The van der Waals surface area contributed by atoms with E-state index in [0.717, 1.165) is 5.69 Å². The zero-order chi connectivity index (χ0) is 20.9. The summed E-state index contributed by atoms with van der Waals surface area (Å²) in [6, 6.07) is 9.24. The van der Waals surface area contributed by atoms with E-state index >= 15 is 0 Å². The second-order valence-electron chi connectivity index (χ2n) is 6.33. The van der Waals surface area contributed by atoms with Gasteiger partial charge in [0.2, 0.25) is 0 Å². The molecule has 4 rings (SSSR count). The van der Waals surface area contributed by atoms with Crippen molar-refractivity contribution < 1.29 is 28.7 Å². The maximum atomic E-state index is 12.4. The van der Waals surface area contributed by atoms with Gasteiger partial charge in [0.1, 0.15) is 24.7 Å². The molecule has 3 aromatic rings. The molecule has 1 aliphatic heterocycles. The first kappa shape index (κ1) is 19.8. The van der Waals surface area contributed by atoms with Crippen LogP contribution < -0.4 is 9.47 Å². The number of rotatable bonds is 7. The van der Waals surface area contributed by atoms with Crippen molar-refractivity contribution in [3.05, 3.63) is 79.8 Å². The highest BCUT2D eigenvalue weighted by atomic mass is 32.1. The van der Waals surface area contributed by atoms with Crippen molar-refractivity contribution in [3.63, 3.8) is 0 Å². The topological polar surface area (TPSA) is 110 Å². The zero-order valence-corrected chi connectivity index (χ0v) is 16.4. The predicted molar refractivity (Wildman–Crippen MR) is 105 cm³/mol. The average Bonchev–Trinajstić information content (AvgIpc) is 3.29. The minimum Gasteiger partial charge on any atom is -0.487 e. The standard InChI is InChI=1S/C20H16N2O7S/c23-20(13-1-3-18(4-2-13)27-9-16-10-30-11-21-16)28-8-15-6-17(22(24)25)5-14-7-26-12-29-19(14)15/h1-6,10-11H,7-9,12H2. The number of hydrogen-bond acceptors (Lipinski definition) is 9. The van der Waals surface area contributed by atoms with Gasteiger partial charge in [-0.2, -0.15) is 0 Å². The second kappa shape index (κ2) is 8.89. The number of carbonyl (C=O) groups excluding carboxylic acids is 1. The van der Waals surface area contributed by atoms with Crippen LogP contribution in [-0.2, 0) is 29.3 Å². The Morgan fingerprint density at radius 1 is 1.23 bits per heavy atom. The molecule has 9 nitrogen and oxygen atoms in total. The summed E-state index contributed by atoms with van der Waals surface area (Å²) in [6.07, 6.45) is 0. The lowest BCUT2D eigenvalue weighted by molar-refractivity contribution is -0.385. The van der Waals surface area contributed by atoms with Crippen LogP contribution in [0.25, 0.3) is 0 Å². The highest BCUT2D eigenvalue weighted by Crippen LogP contribution is 2.33. The van der Waals surface area contributed by atoms with Crippen LogP contribution in [0, 0.1) is 10.1 Å². The van der Waals surface area contributed by atoms with E-state index in [1.807, 2.05) is 5.38 Å². The van der Waals surface area contributed by atoms with Gasteiger partial charge in [0.05, 0.1) is 28.3 Å². The quantitative estimate of drug-likeness (QED) is 0.317. The number of non-ortho nitro benzene ring substituents is 1. The Balaban J connectivity index is 1.41. The number of nitro benzene ring substituents is 1. The van der Waals surface area contributed by atoms with Crippen molar-refractivity contribution >= 4 is 23.0 Å². The van der Waals surface area contributed by atoms with E-state index in [1.165, 1.54) is 23.5 Å². The van der Waals surface area contributed by atoms with E-state index in [-0.39, 0.29) is 25.7 Å². The molecule has 0 spiro atoms. The molecular weight excluding hydrogens is 412 g/mol. The van der Waals surface area contributed by atoms with Gasteiger partial charge in [-0.1, -0.05) is 0 Å². The van der Waals surface area contributed by atoms with Gasteiger partial charge in [0, 0.05) is 28.6 Å². The van der Waals surface area contributed by atoms with E-state index in [2.05, 4.69) is 4.98 Å². The summed E-state index contributed by atoms with van der Waals surface area (Å²) in [5, 5.41) is 13.1. The number of hydrogen-bond donors (Lipinski definition) is 0. The molecule has 10 heteroatoms. The highest BCUT2D eigenvalue weighted by Gasteiger charge is 2.22. The Morgan fingerprint density at radius 2 is 2.07 bits per heavy atom. The summed E-state index contributed by atoms with van der Waals surface area (Å²) < 4.78 is 21.6. The summed E-state index contributed by atoms with van der Waals surface area (Å²) in [6.45, 7) is 0.411. The molecule has 1 aliphatic rings. The molecule has 2 heterocycles. The molecule has 0 saturated heterocycles. The molecular formula is C20H16N2O7S. The fourth-order valence-electron chi connectivity index (χ4n) is 2.87. The molecule has 0 aliphatic carbocycles. The molecule has 2 aromatic carbocycles. The van der Waals surface area contributed by atoms with Gasteiger partial charge in [-0.15, -0.1) is 11.3 Å². The van der Waals surface area contributed by atoms with Gasteiger partial charge in [0.25, 0.3) is 5.69 Å². The summed E-state index contributed by atoms with van der Waals surface area (Å²) in [7, 11) is 0. The number of esters is 1. The first-order valence-corrected chi connectivity index (χ1v) is 9.82. The number of nitrogens with zero attached hydrogens (tertiary/aromatic N) is 2. The Bertz CT molecular complexity index is 1050. The predicted octanol–water partition coefficient (Wildman–Crippen LogP) is 3.85. The number of benzene rings is 2. The third-order valence-corrected chi connectivity index (χ3v) is 4.94. The van der Waals surface area contributed by atoms with E-state index < -0.39 is 10.9 Å². The normalized spacial score (nSPS) is 12.5. The Labute approximate surface area is 174 Å². The molecule has 0 saturated carbocycles. The smallest absolute Gasteiger partial charge is 0.338 e. The maximum Gasteiger partial charge on any atom is 0.338 e. The molecule has 0 bridgehead atoms. The van der Waals surface area contributed by atoms with Gasteiger partial charge in [0.15, 0.2) is 6.79 Å². The Morgan fingerprint density at radius 3 is 2.80 bits per heavy atom. The van der Waals surface area contributed by atoms with E-state index in [9.17, 15) is 14.9 Å². The van der Waals surface area contributed by atoms with Gasteiger partial charge in [-0.25, -0.2) is 9.78 Å². The van der Waals surface area contributed by atoms with Crippen molar-refractivity contribution in [2.75, 3.05) is 6.79 Å². The molecule has 0 radical (unpaired) electrons. The van der Waals surface area contributed by atoms with E-state index in [4.69, 9.17) is 18.9 Å². The third kappa shape index (κ3) is 4.56. The number of fused-ring (bicyclic) bond motifs is 1. The number of aromatic nitrogens is 1. The van der Waals surface area contributed by atoms with Crippen LogP contribution in [0.2, 0.25) is 0 Å². The number of ether oxygens (including phenoxy) is 4. The lowest BCUT2D eigenvalue weighted by Gasteiger charge is -2.20. The van der Waals surface area contributed by atoms with Crippen molar-refractivity contribution in [1.29, 1.82) is 0 Å². The largest absolute Gasteiger partial charge is 0.487 e. The fourth-order valence-corrected chi connectivity index (χ4v) is 3.42. The lowest BCUT2D eigenvalue weighted by atomic mass is 10.1. The molecule has 154 valence electrons. The number of thiazole rings is 1. The molecule has 1 aromatic heterocycles. The van der Waals surface area contributed by atoms with Crippen LogP contribution in [0.4, 0.5) is 5.69 Å². The minimum atomic E-state index is -0.562. The first-order chi connectivity index (χ1) is 14.6. The highest BCUT2D eigenvalue weighted by molar-refractivity contribution is 7.07. The molecule has 0 N–H and O–H groups in total. The monoisotopic (exact) mass is 428 g/mol. The van der Waals surface area contributed by atoms with Crippen molar-refractivity contribution in [2.45, 2.75) is 19.8 Å². The van der Waals surface area contributed by atoms with Crippen molar-refractivity contribution in [2.24, 2.45) is 0 Å². The van der Waals surface area contributed by atoms with Gasteiger partial charge in [-0.05, 0) is 24.3 Å². The molecule has 0 fully saturated rings. The van der Waals surface area contributed by atoms with Gasteiger partial charge < -0.3 is 18.9 Å². The summed E-state index contributed by atoms with van der Waals surface area (Å²) in [4.78, 5) is 27.2. The van der Waals surface area contributed by atoms with Crippen LogP contribution in [0.3, 0.4) is 0 Å². The van der Waals surface area contributed by atoms with Gasteiger partial charge >= 0.3 is 5.97 Å². The lowest BCUT2D eigenvalue weighted by Crippen LogP contribution is -2.15. The number of carbonyl (C=O) groups is 1. The van der Waals surface area contributed by atoms with Crippen LogP contribution in [0.5, 0.6) is 11.5 Å². The Kier molecular flexibility index (Phi) is 5.87. The second-order valence-corrected chi connectivity index (χ2v) is 7.05. The van der Waals surface area contributed by atoms with Crippen molar-refractivity contribution in [3.8, 4) is 11.5 Å². The van der Waals surface area contributed by atoms with Crippen LogP contribution in [-0.4, -0.2) is 22.7 Å². The molecule has 0 atom stereocenters. The fraction of sp³-hybridized carbons (Fsp3) is 0.200. The van der Waals surface area contributed by atoms with E-state index in [0.29, 0.717) is 34.8 Å². The minimum absolute atomic E-state index is 0.0358. The summed E-state index contributed by atoms with van der Waals surface area (Å²) in [5.74, 6) is 0.486. The van der Waals surface area contributed by atoms with Crippen molar-refractivity contribution in [1.82, 2.24) is 4.98 Å². The van der Waals surface area contributed by atoms with Crippen LogP contribution in [0.15, 0.2) is 47.3 Å². The zero-order valence-electron chi connectivity index (χ0n) is 15.6. The van der Waals surface area contributed by atoms with Crippen LogP contribution in [0.1, 0.15) is 27.2 Å². The van der Waals surface area contributed by atoms with E-state index in [1.54, 1.807) is 29.8 Å². The first-order valence-electron chi connectivity index (χ1n) is 8.88. The summed E-state index contributed by atoms with van der Waals surface area (Å²) in [5.41, 5.74) is 3.74. The van der Waals surface area contributed by atoms with Crippen LogP contribution >= 0.6 is 11.3 Å². The third-order valence-electron chi connectivity index (χ3n) is 4.30. The maximum absolute atomic E-state index is 12.4.